The summed E-state index contributed by atoms with van der Waals surface area (Å²) in [6, 6.07) is 5.61. The fourth-order valence-corrected chi connectivity index (χ4v) is 2.46. The Bertz CT molecular complexity index is 595. The van der Waals surface area contributed by atoms with Gasteiger partial charge in [0.15, 0.2) is 0 Å². The Morgan fingerprint density at radius 3 is 2.95 bits per heavy atom. The number of benzene rings is 1. The van der Waals surface area contributed by atoms with E-state index in [1.807, 2.05) is 18.2 Å². The number of para-hydroxylation sites is 1. The average molecular weight is 324 g/mol. The molecule has 0 radical (unpaired) electrons. The number of aromatic nitrogens is 2. The van der Waals surface area contributed by atoms with Crippen LogP contribution in [0.3, 0.4) is 0 Å². The zero-order chi connectivity index (χ0) is 13.4. The lowest BCUT2D eigenvalue weighted by molar-refractivity contribution is 0.0751. The van der Waals surface area contributed by atoms with E-state index in [9.17, 15) is 0 Å². The lowest BCUT2D eigenvalue weighted by atomic mass is 10.2. The predicted molar refractivity (Wildman–Crippen MR) is 74.3 cm³/mol. The maximum Gasteiger partial charge on any atom is 0.260 e. The standard InChI is InChI=1S/C13H14BrN3O2/c1-18-11(7-5-6-7)12-16-13(19-17-12)8-3-2-4-9(14)10(8)15/h2-4,7,11H,5-6,15H2,1H3. The molecule has 1 heterocycles. The van der Waals surface area contributed by atoms with Crippen molar-refractivity contribution in [2.45, 2.75) is 18.9 Å². The number of nitrogen functional groups attached to an aromatic ring is 1. The summed E-state index contributed by atoms with van der Waals surface area (Å²) in [5, 5.41) is 4.01. The van der Waals surface area contributed by atoms with Crippen molar-refractivity contribution in [3.05, 3.63) is 28.5 Å². The smallest absolute Gasteiger partial charge is 0.260 e. The summed E-state index contributed by atoms with van der Waals surface area (Å²) in [6.45, 7) is 0. The quantitative estimate of drug-likeness (QED) is 0.874. The van der Waals surface area contributed by atoms with Crippen molar-refractivity contribution in [2.75, 3.05) is 12.8 Å². The Labute approximate surface area is 119 Å². The van der Waals surface area contributed by atoms with Crippen LogP contribution in [0.1, 0.15) is 24.8 Å². The van der Waals surface area contributed by atoms with Gasteiger partial charge in [-0.25, -0.2) is 0 Å². The van der Waals surface area contributed by atoms with E-state index in [1.54, 1.807) is 7.11 Å². The molecule has 1 aromatic heterocycles. The normalized spacial score (nSPS) is 16.5. The lowest BCUT2D eigenvalue weighted by Gasteiger charge is -2.08. The Morgan fingerprint density at radius 1 is 1.47 bits per heavy atom. The van der Waals surface area contributed by atoms with Crippen LogP contribution in [0.2, 0.25) is 0 Å². The molecule has 2 N–H and O–H groups in total. The molecule has 0 amide bonds. The fraction of sp³-hybridized carbons (Fsp3) is 0.385. The van der Waals surface area contributed by atoms with E-state index in [1.165, 1.54) is 0 Å². The van der Waals surface area contributed by atoms with Crippen molar-refractivity contribution in [3.8, 4) is 11.5 Å². The first kappa shape index (κ1) is 12.6. The van der Waals surface area contributed by atoms with Gasteiger partial charge in [-0.05, 0) is 46.8 Å². The van der Waals surface area contributed by atoms with Crippen LogP contribution < -0.4 is 5.73 Å². The summed E-state index contributed by atoms with van der Waals surface area (Å²) in [7, 11) is 1.67. The van der Waals surface area contributed by atoms with Crippen LogP contribution in [0.15, 0.2) is 27.2 Å². The Kier molecular flexibility index (Phi) is 3.28. The van der Waals surface area contributed by atoms with Crippen molar-refractivity contribution in [1.82, 2.24) is 10.1 Å². The van der Waals surface area contributed by atoms with Crippen LogP contribution in [0.25, 0.3) is 11.5 Å². The molecule has 0 aliphatic heterocycles. The van der Waals surface area contributed by atoms with Gasteiger partial charge in [0.1, 0.15) is 6.10 Å². The van der Waals surface area contributed by atoms with E-state index in [0.29, 0.717) is 23.3 Å². The van der Waals surface area contributed by atoms with Crippen LogP contribution >= 0.6 is 15.9 Å². The topological polar surface area (TPSA) is 74.2 Å². The first-order chi connectivity index (χ1) is 9.20. The minimum Gasteiger partial charge on any atom is -0.397 e. The fourth-order valence-electron chi connectivity index (χ4n) is 2.09. The van der Waals surface area contributed by atoms with Crippen molar-refractivity contribution in [1.29, 1.82) is 0 Å². The van der Waals surface area contributed by atoms with E-state index in [2.05, 4.69) is 26.1 Å². The molecular weight excluding hydrogens is 310 g/mol. The highest BCUT2D eigenvalue weighted by atomic mass is 79.9. The Balaban J connectivity index is 1.94. The third-order valence-corrected chi connectivity index (χ3v) is 3.98. The van der Waals surface area contributed by atoms with Crippen LogP contribution in [0.5, 0.6) is 0 Å². The molecule has 6 heteroatoms. The molecule has 1 aromatic carbocycles. The molecule has 1 fully saturated rings. The third kappa shape index (κ3) is 2.37. The first-order valence-corrected chi connectivity index (χ1v) is 6.90. The minimum atomic E-state index is -0.0779. The number of nitrogens with zero attached hydrogens (tertiary/aromatic N) is 2. The van der Waals surface area contributed by atoms with E-state index in [0.717, 1.165) is 22.9 Å². The van der Waals surface area contributed by atoms with E-state index in [-0.39, 0.29) is 6.10 Å². The van der Waals surface area contributed by atoms with Gasteiger partial charge in [-0.15, -0.1) is 0 Å². The van der Waals surface area contributed by atoms with Gasteiger partial charge in [0.2, 0.25) is 5.82 Å². The maximum absolute atomic E-state index is 6.00. The van der Waals surface area contributed by atoms with E-state index < -0.39 is 0 Å². The molecule has 0 spiro atoms. The van der Waals surface area contributed by atoms with E-state index >= 15 is 0 Å². The number of anilines is 1. The number of nitrogens with two attached hydrogens (primary N) is 1. The highest BCUT2D eigenvalue weighted by molar-refractivity contribution is 9.10. The number of hydrogen-bond acceptors (Lipinski definition) is 5. The van der Waals surface area contributed by atoms with Crippen LogP contribution in [-0.4, -0.2) is 17.3 Å². The number of halogens is 1. The second kappa shape index (κ2) is 4.94. The lowest BCUT2D eigenvalue weighted by Crippen LogP contribution is -2.05. The molecule has 0 bridgehead atoms. The molecule has 3 rings (SSSR count). The van der Waals surface area contributed by atoms with Gasteiger partial charge in [0, 0.05) is 11.6 Å². The van der Waals surface area contributed by atoms with Crippen molar-refractivity contribution >= 4 is 21.6 Å². The van der Waals surface area contributed by atoms with Crippen molar-refractivity contribution in [3.63, 3.8) is 0 Å². The van der Waals surface area contributed by atoms with Gasteiger partial charge < -0.3 is 15.0 Å². The summed E-state index contributed by atoms with van der Waals surface area (Å²) in [5.74, 6) is 1.53. The molecule has 5 nitrogen and oxygen atoms in total. The van der Waals surface area contributed by atoms with Crippen molar-refractivity contribution in [2.24, 2.45) is 5.92 Å². The molecule has 2 aromatic rings. The summed E-state index contributed by atoms with van der Waals surface area (Å²) in [6.07, 6.45) is 2.23. The molecule has 1 aliphatic rings. The number of hydrogen-bond donors (Lipinski definition) is 1. The molecule has 1 aliphatic carbocycles. The minimum absolute atomic E-state index is 0.0779. The van der Waals surface area contributed by atoms with Gasteiger partial charge in [0.05, 0.1) is 11.3 Å². The van der Waals surface area contributed by atoms with Crippen molar-refractivity contribution < 1.29 is 9.26 Å². The SMILES string of the molecule is COC(c1noc(-c2cccc(Br)c2N)n1)C1CC1. The number of ether oxygens (including phenoxy) is 1. The molecular formula is C13H14BrN3O2. The largest absolute Gasteiger partial charge is 0.397 e. The summed E-state index contributed by atoms with van der Waals surface area (Å²) in [5.41, 5.74) is 7.33. The van der Waals surface area contributed by atoms with Crippen LogP contribution in [-0.2, 0) is 4.74 Å². The van der Waals surface area contributed by atoms with Gasteiger partial charge >= 0.3 is 0 Å². The Hall–Kier alpha value is -1.40. The van der Waals surface area contributed by atoms with Gasteiger partial charge in [-0.3, -0.25) is 0 Å². The second-order valence-corrected chi connectivity index (χ2v) is 5.51. The molecule has 100 valence electrons. The summed E-state index contributed by atoms with van der Waals surface area (Å²) < 4.78 is 11.6. The number of rotatable bonds is 4. The molecule has 19 heavy (non-hydrogen) atoms. The molecule has 1 atom stereocenters. The molecule has 0 saturated heterocycles. The summed E-state index contributed by atoms with van der Waals surface area (Å²) >= 11 is 3.39. The van der Waals surface area contributed by atoms with Crippen LogP contribution in [0.4, 0.5) is 5.69 Å². The average Bonchev–Trinajstić information content (AvgIpc) is 3.12. The summed E-state index contributed by atoms with van der Waals surface area (Å²) in [4.78, 5) is 4.41. The van der Waals surface area contributed by atoms with Gasteiger partial charge in [-0.2, -0.15) is 4.98 Å². The van der Waals surface area contributed by atoms with Gasteiger partial charge in [0.25, 0.3) is 5.89 Å². The zero-order valence-electron chi connectivity index (χ0n) is 10.5. The number of methoxy groups -OCH3 is 1. The highest BCUT2D eigenvalue weighted by Gasteiger charge is 2.35. The van der Waals surface area contributed by atoms with Crippen LogP contribution in [0, 0.1) is 5.92 Å². The Morgan fingerprint density at radius 2 is 2.26 bits per heavy atom. The second-order valence-electron chi connectivity index (χ2n) is 4.65. The monoisotopic (exact) mass is 323 g/mol. The maximum atomic E-state index is 6.00. The third-order valence-electron chi connectivity index (χ3n) is 3.28. The molecule has 1 saturated carbocycles. The van der Waals surface area contributed by atoms with E-state index in [4.69, 9.17) is 15.0 Å². The highest BCUT2D eigenvalue weighted by Crippen LogP contribution is 2.42. The predicted octanol–water partition coefficient (Wildman–Crippen LogP) is 3.18. The zero-order valence-corrected chi connectivity index (χ0v) is 12.1. The van der Waals surface area contributed by atoms with Gasteiger partial charge in [-0.1, -0.05) is 11.2 Å². The first-order valence-electron chi connectivity index (χ1n) is 6.11. The molecule has 1 unspecified atom stereocenters.